The van der Waals surface area contributed by atoms with Crippen molar-refractivity contribution >= 4 is 23.1 Å². The lowest BCUT2D eigenvalue weighted by molar-refractivity contribution is 0.377. The lowest BCUT2D eigenvalue weighted by atomic mass is 10.0. The molecule has 1 aromatic rings. The van der Waals surface area contributed by atoms with Crippen molar-refractivity contribution in [3.8, 4) is 0 Å². The molecule has 2 bridgehead atoms. The molecule has 0 amide bonds. The quantitative estimate of drug-likeness (QED) is 0.639. The zero-order chi connectivity index (χ0) is 11.6. The van der Waals surface area contributed by atoms with Crippen LogP contribution in [-0.4, -0.2) is 16.8 Å². The van der Waals surface area contributed by atoms with Gasteiger partial charge in [0.1, 0.15) is 5.84 Å². The monoisotopic (exact) mass is 244 g/mol. The molecular formula is C14H13ClN2. The molecule has 2 unspecified atom stereocenters. The molecule has 3 aliphatic rings. The van der Waals surface area contributed by atoms with Crippen molar-refractivity contribution in [1.29, 1.82) is 0 Å². The van der Waals surface area contributed by atoms with Crippen LogP contribution in [0.1, 0.15) is 17.5 Å². The number of amidine groups is 1. The van der Waals surface area contributed by atoms with Gasteiger partial charge >= 0.3 is 0 Å². The van der Waals surface area contributed by atoms with Crippen LogP contribution in [0.5, 0.6) is 0 Å². The van der Waals surface area contributed by atoms with E-state index < -0.39 is 0 Å². The summed E-state index contributed by atoms with van der Waals surface area (Å²) in [5, 5.41) is 0.782. The Kier molecular flexibility index (Phi) is 1.79. The zero-order valence-electron chi connectivity index (χ0n) is 9.65. The molecule has 4 rings (SSSR count). The van der Waals surface area contributed by atoms with Crippen LogP contribution in [-0.2, 0) is 6.54 Å². The molecule has 0 N–H and O–H groups in total. The van der Waals surface area contributed by atoms with E-state index in [-0.39, 0.29) is 0 Å². The third-order valence-electron chi connectivity index (χ3n) is 4.11. The lowest BCUT2D eigenvalue weighted by Crippen LogP contribution is -2.36. The summed E-state index contributed by atoms with van der Waals surface area (Å²) >= 11 is 6.26. The smallest absolute Gasteiger partial charge is 0.113 e. The number of halogens is 1. The number of nitrogens with zero attached hydrogens (tertiary/aromatic N) is 2. The number of fused-ring (bicyclic) bond motifs is 6. The molecule has 2 atom stereocenters. The van der Waals surface area contributed by atoms with Crippen LogP contribution in [0.3, 0.4) is 0 Å². The molecule has 86 valence electrons. The first-order valence-electron chi connectivity index (χ1n) is 6.05. The first-order valence-corrected chi connectivity index (χ1v) is 6.43. The van der Waals surface area contributed by atoms with Gasteiger partial charge in [-0.25, -0.2) is 4.99 Å². The molecule has 0 saturated carbocycles. The normalized spacial score (nSPS) is 28.1. The number of hydrogen-bond donors (Lipinski definition) is 0. The number of hydrogen-bond acceptors (Lipinski definition) is 2. The van der Waals surface area contributed by atoms with Crippen molar-refractivity contribution in [1.82, 2.24) is 4.90 Å². The molecule has 3 heteroatoms. The van der Waals surface area contributed by atoms with Crippen LogP contribution >= 0.6 is 11.6 Å². The van der Waals surface area contributed by atoms with E-state index in [0.717, 1.165) is 17.3 Å². The van der Waals surface area contributed by atoms with Gasteiger partial charge in [-0.3, -0.25) is 0 Å². The van der Waals surface area contributed by atoms with Crippen LogP contribution in [0.25, 0.3) is 0 Å². The van der Waals surface area contributed by atoms with Crippen molar-refractivity contribution in [2.24, 2.45) is 10.9 Å². The SMILES string of the molecule is Cc1ccc(Cl)c2c1CN1C(=N2)C2C=CC1C2. The molecule has 1 saturated heterocycles. The first-order chi connectivity index (χ1) is 8.24. The summed E-state index contributed by atoms with van der Waals surface area (Å²) in [6.07, 6.45) is 5.80. The van der Waals surface area contributed by atoms with Gasteiger partial charge in [0.05, 0.1) is 10.7 Å². The van der Waals surface area contributed by atoms with E-state index in [1.165, 1.54) is 23.4 Å². The van der Waals surface area contributed by atoms with Crippen molar-refractivity contribution in [3.63, 3.8) is 0 Å². The first kappa shape index (κ1) is 9.72. The highest BCUT2D eigenvalue weighted by molar-refractivity contribution is 6.33. The summed E-state index contributed by atoms with van der Waals surface area (Å²) < 4.78 is 0. The Balaban J connectivity index is 1.93. The largest absolute Gasteiger partial charge is 0.349 e. The van der Waals surface area contributed by atoms with Crippen LogP contribution in [0.2, 0.25) is 5.02 Å². The fourth-order valence-corrected chi connectivity index (χ4v) is 3.36. The summed E-state index contributed by atoms with van der Waals surface area (Å²) in [5.74, 6) is 1.74. The standard InChI is InChI=1S/C14H13ClN2/c1-8-2-5-12(15)13-11(8)7-17-10-4-3-9(6-10)14(17)16-13/h2-5,9-10H,6-7H2,1H3. The highest BCUT2D eigenvalue weighted by Crippen LogP contribution is 2.43. The van der Waals surface area contributed by atoms with Gasteiger partial charge < -0.3 is 4.90 Å². The Bertz CT molecular complexity index is 574. The van der Waals surface area contributed by atoms with Crippen molar-refractivity contribution < 1.29 is 0 Å². The van der Waals surface area contributed by atoms with Gasteiger partial charge in [-0.2, -0.15) is 0 Å². The van der Waals surface area contributed by atoms with E-state index in [2.05, 4.69) is 30.0 Å². The van der Waals surface area contributed by atoms with Crippen LogP contribution in [0.15, 0.2) is 29.3 Å². The average molecular weight is 245 g/mol. The predicted molar refractivity (Wildman–Crippen MR) is 69.9 cm³/mol. The van der Waals surface area contributed by atoms with E-state index in [1.807, 2.05) is 6.07 Å². The Labute approximate surface area is 106 Å². The number of benzene rings is 1. The molecule has 0 aromatic heterocycles. The summed E-state index contributed by atoms with van der Waals surface area (Å²) in [6.45, 7) is 3.10. The van der Waals surface area contributed by atoms with Gasteiger partial charge in [-0.15, -0.1) is 0 Å². The molecule has 2 aliphatic heterocycles. The third kappa shape index (κ3) is 1.19. The number of rotatable bonds is 0. The van der Waals surface area contributed by atoms with Crippen LogP contribution in [0, 0.1) is 12.8 Å². The lowest BCUT2D eigenvalue weighted by Gasteiger charge is -2.32. The van der Waals surface area contributed by atoms with E-state index in [9.17, 15) is 0 Å². The molecule has 2 heterocycles. The van der Waals surface area contributed by atoms with E-state index in [1.54, 1.807) is 0 Å². The maximum atomic E-state index is 6.26. The summed E-state index contributed by atoms with van der Waals surface area (Å²) in [5.41, 5.74) is 3.58. The number of aryl methyl sites for hydroxylation is 1. The fourth-order valence-electron chi connectivity index (χ4n) is 3.14. The van der Waals surface area contributed by atoms with E-state index in [4.69, 9.17) is 16.6 Å². The van der Waals surface area contributed by atoms with E-state index >= 15 is 0 Å². The van der Waals surface area contributed by atoms with Gasteiger partial charge in [0.25, 0.3) is 0 Å². The maximum Gasteiger partial charge on any atom is 0.113 e. The van der Waals surface area contributed by atoms with Gasteiger partial charge in [0.15, 0.2) is 0 Å². The Hall–Kier alpha value is -1.28. The molecule has 2 nitrogen and oxygen atoms in total. The highest BCUT2D eigenvalue weighted by atomic mass is 35.5. The van der Waals surface area contributed by atoms with Crippen molar-refractivity contribution in [3.05, 3.63) is 40.4 Å². The Morgan fingerprint density at radius 2 is 2.24 bits per heavy atom. The molecule has 0 spiro atoms. The number of aliphatic imine (C=N–C) groups is 1. The second kappa shape index (κ2) is 3.14. The highest BCUT2D eigenvalue weighted by Gasteiger charge is 2.41. The average Bonchev–Trinajstić information content (AvgIpc) is 2.94. The van der Waals surface area contributed by atoms with Crippen LogP contribution < -0.4 is 0 Å². The van der Waals surface area contributed by atoms with Gasteiger partial charge in [0, 0.05) is 24.1 Å². The van der Waals surface area contributed by atoms with Crippen molar-refractivity contribution in [2.75, 3.05) is 0 Å². The van der Waals surface area contributed by atoms with Gasteiger partial charge in [-0.1, -0.05) is 29.8 Å². The minimum Gasteiger partial charge on any atom is -0.349 e. The molecule has 17 heavy (non-hydrogen) atoms. The van der Waals surface area contributed by atoms with Gasteiger partial charge in [0.2, 0.25) is 0 Å². The predicted octanol–water partition coefficient (Wildman–Crippen LogP) is 3.45. The fraction of sp³-hybridized carbons (Fsp3) is 0.357. The molecular weight excluding hydrogens is 232 g/mol. The minimum absolute atomic E-state index is 0.518. The third-order valence-corrected chi connectivity index (χ3v) is 4.41. The molecule has 0 radical (unpaired) electrons. The summed E-state index contributed by atoms with van der Waals surface area (Å²) in [4.78, 5) is 7.24. The Morgan fingerprint density at radius 3 is 3.12 bits per heavy atom. The maximum absolute atomic E-state index is 6.26. The topological polar surface area (TPSA) is 15.6 Å². The minimum atomic E-state index is 0.518. The summed E-state index contributed by atoms with van der Waals surface area (Å²) in [7, 11) is 0. The zero-order valence-corrected chi connectivity index (χ0v) is 10.4. The molecule has 1 aliphatic carbocycles. The van der Waals surface area contributed by atoms with Gasteiger partial charge in [-0.05, 0) is 25.0 Å². The van der Waals surface area contributed by atoms with E-state index in [0.29, 0.717) is 12.0 Å². The van der Waals surface area contributed by atoms with Crippen molar-refractivity contribution in [2.45, 2.75) is 25.9 Å². The molecule has 1 aromatic carbocycles. The Morgan fingerprint density at radius 1 is 1.35 bits per heavy atom. The second-order valence-corrected chi connectivity index (χ2v) is 5.49. The molecule has 1 fully saturated rings. The van der Waals surface area contributed by atoms with Crippen LogP contribution in [0.4, 0.5) is 5.69 Å². The summed E-state index contributed by atoms with van der Waals surface area (Å²) in [6, 6.07) is 4.61. The second-order valence-electron chi connectivity index (χ2n) is 5.08.